The van der Waals surface area contributed by atoms with Crippen LogP contribution in [0.15, 0.2) is 36.7 Å². The first-order valence-electron chi connectivity index (χ1n) is 9.91. The molecule has 150 valence electrons. The van der Waals surface area contributed by atoms with E-state index in [2.05, 4.69) is 15.2 Å². The predicted octanol–water partition coefficient (Wildman–Crippen LogP) is 4.44. The van der Waals surface area contributed by atoms with Crippen LogP contribution in [0.25, 0.3) is 11.0 Å². The Hall–Kier alpha value is -2.67. The summed E-state index contributed by atoms with van der Waals surface area (Å²) in [5.74, 6) is 1.50. The van der Waals surface area contributed by atoms with Crippen molar-refractivity contribution in [2.24, 2.45) is 0 Å². The molecule has 0 unspecified atom stereocenters. The average Bonchev–Trinajstić information content (AvgIpc) is 3.55. The Balaban J connectivity index is 1.33. The zero-order chi connectivity index (χ0) is 19.8. The Morgan fingerprint density at radius 3 is 2.69 bits per heavy atom. The summed E-state index contributed by atoms with van der Waals surface area (Å²) in [6.07, 6.45) is 7.27. The third kappa shape index (κ3) is 4.05. The molecule has 0 spiro atoms. The van der Waals surface area contributed by atoms with Gasteiger partial charge in [0.05, 0.1) is 11.7 Å². The van der Waals surface area contributed by atoms with Gasteiger partial charge in [0.25, 0.3) is 0 Å². The van der Waals surface area contributed by atoms with Gasteiger partial charge >= 0.3 is 0 Å². The van der Waals surface area contributed by atoms with Crippen molar-refractivity contribution in [2.75, 3.05) is 23.3 Å². The molecular formula is C21H21ClFN5O. The van der Waals surface area contributed by atoms with Crippen LogP contribution < -0.4 is 15.0 Å². The van der Waals surface area contributed by atoms with E-state index in [-0.39, 0.29) is 17.7 Å². The highest BCUT2D eigenvalue weighted by Crippen LogP contribution is 2.33. The minimum absolute atomic E-state index is 0.0610. The molecule has 0 atom stereocenters. The first-order valence-corrected chi connectivity index (χ1v) is 10.3. The summed E-state index contributed by atoms with van der Waals surface area (Å²) in [6.45, 7) is 1.51. The molecule has 1 N–H and O–H groups in total. The number of nitrogens with zero attached hydrogens (tertiary/aromatic N) is 4. The second kappa shape index (κ2) is 7.63. The highest BCUT2D eigenvalue weighted by Gasteiger charge is 2.28. The topological polar surface area (TPSA) is 63.2 Å². The van der Waals surface area contributed by atoms with E-state index in [1.165, 1.54) is 18.2 Å². The Bertz CT molecular complexity index is 1040. The third-order valence-corrected chi connectivity index (χ3v) is 5.53. The molecule has 0 amide bonds. The maximum absolute atomic E-state index is 14.0. The van der Waals surface area contributed by atoms with E-state index < -0.39 is 0 Å². The van der Waals surface area contributed by atoms with E-state index in [0.29, 0.717) is 11.1 Å². The van der Waals surface area contributed by atoms with Gasteiger partial charge in [-0.15, -0.1) is 0 Å². The van der Waals surface area contributed by atoms with E-state index in [4.69, 9.17) is 26.3 Å². The van der Waals surface area contributed by atoms with Gasteiger partial charge in [0.2, 0.25) is 0 Å². The van der Waals surface area contributed by atoms with Crippen LogP contribution >= 0.6 is 11.6 Å². The molecule has 2 fully saturated rings. The molecule has 29 heavy (non-hydrogen) atoms. The van der Waals surface area contributed by atoms with Crippen molar-refractivity contribution < 1.29 is 9.13 Å². The largest absolute Gasteiger partial charge is 0.487 e. The summed E-state index contributed by atoms with van der Waals surface area (Å²) in [6, 6.07) is 6.75. The molecule has 1 aliphatic heterocycles. The number of anilines is 2. The van der Waals surface area contributed by atoms with Gasteiger partial charge in [0.15, 0.2) is 23.2 Å². The molecular weight excluding hydrogens is 393 g/mol. The van der Waals surface area contributed by atoms with Crippen molar-refractivity contribution in [1.29, 1.82) is 0 Å². The first-order chi connectivity index (χ1) is 14.2. The summed E-state index contributed by atoms with van der Waals surface area (Å²) in [7, 11) is 0. The van der Waals surface area contributed by atoms with Crippen molar-refractivity contribution in [1.82, 2.24) is 15.0 Å². The molecule has 3 heterocycles. The number of nitrogens with one attached hydrogen (secondary N) is 1. The van der Waals surface area contributed by atoms with Gasteiger partial charge < -0.3 is 15.0 Å². The fourth-order valence-corrected chi connectivity index (χ4v) is 3.73. The van der Waals surface area contributed by atoms with E-state index in [1.807, 2.05) is 6.07 Å². The first kappa shape index (κ1) is 18.4. The normalized spacial score (nSPS) is 17.5. The lowest BCUT2D eigenvalue weighted by Crippen LogP contribution is -2.39. The molecule has 3 aromatic rings. The number of piperidine rings is 1. The molecule has 0 bridgehead atoms. The number of rotatable bonds is 5. The van der Waals surface area contributed by atoms with Crippen molar-refractivity contribution >= 4 is 34.3 Å². The van der Waals surface area contributed by atoms with E-state index in [9.17, 15) is 4.39 Å². The smallest absolute Gasteiger partial charge is 0.172 e. The van der Waals surface area contributed by atoms with E-state index in [1.54, 1.807) is 12.4 Å². The SMILES string of the molecule is Fc1ccc(Cl)cc1OC1CCN(c2nc3cnccc3nc2NC2CC2)CC1. The van der Waals surface area contributed by atoms with Gasteiger partial charge in [-0.1, -0.05) is 11.6 Å². The highest BCUT2D eigenvalue weighted by atomic mass is 35.5. The van der Waals surface area contributed by atoms with Crippen LogP contribution in [0.1, 0.15) is 25.7 Å². The Labute approximate surface area is 173 Å². The summed E-state index contributed by atoms with van der Waals surface area (Å²) < 4.78 is 19.8. The molecule has 1 aromatic carbocycles. The lowest BCUT2D eigenvalue weighted by atomic mass is 10.1. The third-order valence-electron chi connectivity index (χ3n) is 5.29. The Morgan fingerprint density at radius 2 is 1.90 bits per heavy atom. The Morgan fingerprint density at radius 1 is 1.07 bits per heavy atom. The average molecular weight is 414 g/mol. The number of fused-ring (bicyclic) bond motifs is 1. The van der Waals surface area contributed by atoms with E-state index in [0.717, 1.165) is 61.4 Å². The summed E-state index contributed by atoms with van der Waals surface area (Å²) in [5.41, 5.74) is 1.62. The summed E-state index contributed by atoms with van der Waals surface area (Å²) in [4.78, 5) is 16.0. The van der Waals surface area contributed by atoms with Gasteiger partial charge in [0.1, 0.15) is 11.6 Å². The van der Waals surface area contributed by atoms with Crippen LogP contribution in [0.5, 0.6) is 5.75 Å². The van der Waals surface area contributed by atoms with Crippen LogP contribution in [-0.4, -0.2) is 40.2 Å². The zero-order valence-corrected chi connectivity index (χ0v) is 16.6. The van der Waals surface area contributed by atoms with Crippen molar-refractivity contribution in [2.45, 2.75) is 37.8 Å². The number of benzene rings is 1. The second-order valence-corrected chi connectivity index (χ2v) is 7.99. The molecule has 6 nitrogen and oxygen atoms in total. The van der Waals surface area contributed by atoms with Crippen molar-refractivity contribution in [3.8, 4) is 5.75 Å². The van der Waals surface area contributed by atoms with Crippen LogP contribution in [0.4, 0.5) is 16.0 Å². The second-order valence-electron chi connectivity index (χ2n) is 7.56. The van der Waals surface area contributed by atoms with Gasteiger partial charge in [-0.3, -0.25) is 4.98 Å². The summed E-state index contributed by atoms with van der Waals surface area (Å²) in [5, 5.41) is 3.97. The van der Waals surface area contributed by atoms with Crippen LogP contribution in [0, 0.1) is 5.82 Å². The molecule has 5 rings (SSSR count). The summed E-state index contributed by atoms with van der Waals surface area (Å²) >= 11 is 5.97. The molecule has 1 saturated heterocycles. The number of ether oxygens (including phenoxy) is 1. The monoisotopic (exact) mass is 413 g/mol. The molecule has 1 saturated carbocycles. The maximum Gasteiger partial charge on any atom is 0.172 e. The minimum atomic E-state index is -0.388. The zero-order valence-electron chi connectivity index (χ0n) is 15.8. The van der Waals surface area contributed by atoms with Gasteiger partial charge in [0, 0.05) is 49.3 Å². The number of hydrogen-bond acceptors (Lipinski definition) is 6. The minimum Gasteiger partial charge on any atom is -0.487 e. The van der Waals surface area contributed by atoms with Gasteiger partial charge in [-0.05, 0) is 31.0 Å². The number of hydrogen-bond donors (Lipinski definition) is 1. The highest BCUT2D eigenvalue weighted by molar-refractivity contribution is 6.30. The lowest BCUT2D eigenvalue weighted by molar-refractivity contribution is 0.163. The number of halogens is 2. The van der Waals surface area contributed by atoms with Crippen LogP contribution in [0.3, 0.4) is 0 Å². The number of aromatic nitrogens is 3. The predicted molar refractivity (Wildman–Crippen MR) is 111 cm³/mol. The fourth-order valence-electron chi connectivity index (χ4n) is 3.57. The van der Waals surface area contributed by atoms with Crippen LogP contribution in [0.2, 0.25) is 5.02 Å². The van der Waals surface area contributed by atoms with Crippen molar-refractivity contribution in [3.05, 3.63) is 47.5 Å². The molecule has 2 aromatic heterocycles. The molecule has 8 heteroatoms. The maximum atomic E-state index is 14.0. The molecule has 0 radical (unpaired) electrons. The molecule has 1 aliphatic carbocycles. The Kier molecular flexibility index (Phi) is 4.83. The van der Waals surface area contributed by atoms with E-state index >= 15 is 0 Å². The standard InChI is InChI=1S/C21H21ClFN5O/c22-13-1-4-16(23)19(11-13)29-15-6-9-28(10-7-15)21-20(25-14-2-3-14)26-17-5-8-24-12-18(17)27-21/h1,4-5,8,11-12,14-15H,2-3,6-7,9-10H2,(H,25,26). The lowest BCUT2D eigenvalue weighted by Gasteiger charge is -2.33. The van der Waals surface area contributed by atoms with Crippen LogP contribution in [-0.2, 0) is 0 Å². The quantitative estimate of drug-likeness (QED) is 0.667. The number of pyridine rings is 1. The molecule has 2 aliphatic rings. The van der Waals surface area contributed by atoms with Gasteiger partial charge in [-0.25, -0.2) is 14.4 Å². The fraction of sp³-hybridized carbons (Fsp3) is 0.381. The van der Waals surface area contributed by atoms with Crippen molar-refractivity contribution in [3.63, 3.8) is 0 Å². The van der Waals surface area contributed by atoms with Gasteiger partial charge in [-0.2, -0.15) is 0 Å².